The molecule has 3 nitrogen and oxygen atoms in total. The Hall–Kier alpha value is -0.830. The third-order valence-electron chi connectivity index (χ3n) is 1.39. The fraction of sp³-hybridized carbons (Fsp3) is 0.625. The quantitative estimate of drug-likeness (QED) is 0.664. The van der Waals surface area contributed by atoms with Gasteiger partial charge in [-0.25, -0.2) is 4.98 Å². The van der Waals surface area contributed by atoms with Crippen molar-refractivity contribution in [3.05, 3.63) is 17.8 Å². The second-order valence-electron chi connectivity index (χ2n) is 2.22. The van der Waals surface area contributed by atoms with Gasteiger partial charge in [0.25, 0.3) is 0 Å². The van der Waals surface area contributed by atoms with Gasteiger partial charge in [0, 0.05) is 6.61 Å². The number of aryl methyl sites for hydroxylation is 1. The van der Waals surface area contributed by atoms with E-state index in [1.807, 2.05) is 13.8 Å². The second kappa shape index (κ2) is 4.13. The fourth-order valence-electron chi connectivity index (χ4n) is 0.767. The zero-order chi connectivity index (χ0) is 8.10. The van der Waals surface area contributed by atoms with Crippen molar-refractivity contribution in [3.63, 3.8) is 0 Å². The molecular weight excluding hydrogens is 142 g/mol. The summed E-state index contributed by atoms with van der Waals surface area (Å²) >= 11 is 0. The lowest BCUT2D eigenvalue weighted by Gasteiger charge is -1.93. The van der Waals surface area contributed by atoms with Crippen LogP contribution < -0.4 is 0 Å². The molecule has 0 unspecified atom stereocenters. The molecule has 0 atom stereocenters. The number of hydrogen-bond donors (Lipinski definition) is 0. The fourth-order valence-corrected chi connectivity index (χ4v) is 0.767. The molecule has 0 amide bonds. The number of nitrogens with zero attached hydrogens (tertiary/aromatic N) is 1. The molecular formula is C8H13NO2. The number of hydrogen-bond acceptors (Lipinski definition) is 3. The summed E-state index contributed by atoms with van der Waals surface area (Å²) in [5.74, 6) is 0.670. The number of aromatic nitrogens is 1. The molecule has 0 bridgehead atoms. The largest absolute Gasteiger partial charge is 0.446 e. The average molecular weight is 155 g/mol. The first-order valence-corrected chi connectivity index (χ1v) is 3.87. The lowest BCUT2D eigenvalue weighted by Crippen LogP contribution is -1.92. The van der Waals surface area contributed by atoms with Crippen molar-refractivity contribution in [1.29, 1.82) is 0 Å². The van der Waals surface area contributed by atoms with Gasteiger partial charge in [-0.3, -0.25) is 0 Å². The average Bonchev–Trinajstić information content (AvgIpc) is 2.48. The van der Waals surface area contributed by atoms with Crippen molar-refractivity contribution in [1.82, 2.24) is 4.98 Å². The molecule has 0 aliphatic heterocycles. The first kappa shape index (κ1) is 8.27. The predicted octanol–water partition coefficient (Wildman–Crippen LogP) is 1.77. The minimum absolute atomic E-state index is 0.483. The highest BCUT2D eigenvalue weighted by Gasteiger charge is 2.00. The molecule has 1 aromatic rings. The summed E-state index contributed by atoms with van der Waals surface area (Å²) in [5.41, 5.74) is 0.986. The van der Waals surface area contributed by atoms with E-state index in [1.165, 1.54) is 0 Å². The van der Waals surface area contributed by atoms with E-state index in [-0.39, 0.29) is 0 Å². The minimum Gasteiger partial charge on any atom is -0.446 e. The van der Waals surface area contributed by atoms with Crippen LogP contribution in [0.4, 0.5) is 0 Å². The van der Waals surface area contributed by atoms with E-state index >= 15 is 0 Å². The second-order valence-corrected chi connectivity index (χ2v) is 2.22. The topological polar surface area (TPSA) is 35.3 Å². The molecule has 1 heterocycles. The van der Waals surface area contributed by atoms with E-state index in [9.17, 15) is 0 Å². The molecule has 1 aromatic heterocycles. The van der Waals surface area contributed by atoms with Crippen LogP contribution in [0.3, 0.4) is 0 Å². The third kappa shape index (κ3) is 2.35. The summed E-state index contributed by atoms with van der Waals surface area (Å²) in [5, 5.41) is 0. The molecule has 0 aliphatic carbocycles. The van der Waals surface area contributed by atoms with Gasteiger partial charge < -0.3 is 9.15 Å². The Morgan fingerprint density at radius 2 is 2.36 bits per heavy atom. The molecule has 0 spiro atoms. The number of ether oxygens (including phenoxy) is 1. The van der Waals surface area contributed by atoms with Gasteiger partial charge in [-0.05, 0) is 13.3 Å². The van der Waals surface area contributed by atoms with E-state index in [2.05, 4.69) is 4.98 Å². The molecule has 62 valence electrons. The van der Waals surface area contributed by atoms with Crippen molar-refractivity contribution in [2.45, 2.75) is 26.9 Å². The smallest absolute Gasteiger partial charge is 0.220 e. The molecule has 1 rings (SSSR count). The van der Waals surface area contributed by atoms with Gasteiger partial charge in [0.2, 0.25) is 5.89 Å². The van der Waals surface area contributed by atoms with Gasteiger partial charge in [0.1, 0.15) is 12.9 Å². The zero-order valence-electron chi connectivity index (χ0n) is 6.96. The van der Waals surface area contributed by atoms with Gasteiger partial charge in [-0.2, -0.15) is 0 Å². The van der Waals surface area contributed by atoms with E-state index in [4.69, 9.17) is 9.15 Å². The first-order valence-electron chi connectivity index (χ1n) is 3.87. The van der Waals surface area contributed by atoms with Crippen LogP contribution in [0.5, 0.6) is 0 Å². The highest BCUT2D eigenvalue weighted by molar-refractivity contribution is 4.94. The Labute approximate surface area is 66.4 Å². The van der Waals surface area contributed by atoms with Gasteiger partial charge >= 0.3 is 0 Å². The van der Waals surface area contributed by atoms with Gasteiger partial charge in [0.15, 0.2) is 0 Å². The summed E-state index contributed by atoms with van der Waals surface area (Å²) in [6, 6.07) is 0. The Kier molecular flexibility index (Phi) is 3.11. The molecule has 0 saturated carbocycles. The van der Waals surface area contributed by atoms with Crippen LogP contribution in [-0.4, -0.2) is 11.6 Å². The molecule has 3 heteroatoms. The van der Waals surface area contributed by atoms with Crippen molar-refractivity contribution in [2.24, 2.45) is 0 Å². The minimum atomic E-state index is 0.483. The van der Waals surface area contributed by atoms with E-state index in [0.29, 0.717) is 19.1 Å². The maximum atomic E-state index is 5.12. The van der Waals surface area contributed by atoms with Crippen LogP contribution in [0.1, 0.15) is 25.4 Å². The number of oxazole rings is 1. The highest BCUT2D eigenvalue weighted by Crippen LogP contribution is 2.03. The maximum Gasteiger partial charge on any atom is 0.220 e. The van der Waals surface area contributed by atoms with Crippen LogP contribution in [0.2, 0.25) is 0 Å². The maximum absolute atomic E-state index is 5.12. The number of rotatable bonds is 4. The highest BCUT2D eigenvalue weighted by atomic mass is 16.5. The lowest BCUT2D eigenvalue weighted by atomic mass is 10.4. The van der Waals surface area contributed by atoms with Crippen LogP contribution in [0.25, 0.3) is 0 Å². The van der Waals surface area contributed by atoms with Crippen LogP contribution in [0, 0.1) is 0 Å². The molecule has 0 radical (unpaired) electrons. The molecule has 0 fully saturated rings. The van der Waals surface area contributed by atoms with Crippen molar-refractivity contribution >= 4 is 0 Å². The predicted molar refractivity (Wildman–Crippen MR) is 41.2 cm³/mol. The Bertz CT molecular complexity index is 208. The van der Waals surface area contributed by atoms with E-state index in [1.54, 1.807) is 6.26 Å². The SMILES string of the molecule is CCOCc1nc(CC)co1. The standard InChI is InChI=1S/C8H13NO2/c1-3-7-5-11-8(9-7)6-10-4-2/h5H,3-4,6H2,1-2H3. The summed E-state index contributed by atoms with van der Waals surface area (Å²) in [6.45, 7) is 5.17. The van der Waals surface area contributed by atoms with Crippen molar-refractivity contribution < 1.29 is 9.15 Å². The van der Waals surface area contributed by atoms with Gasteiger partial charge in [-0.1, -0.05) is 6.92 Å². The molecule has 0 aromatic carbocycles. The van der Waals surface area contributed by atoms with Crippen LogP contribution >= 0.6 is 0 Å². The molecule has 0 aliphatic rings. The zero-order valence-corrected chi connectivity index (χ0v) is 6.96. The Morgan fingerprint density at radius 3 is 2.91 bits per heavy atom. The Morgan fingerprint density at radius 1 is 1.55 bits per heavy atom. The molecule has 11 heavy (non-hydrogen) atoms. The van der Waals surface area contributed by atoms with Crippen LogP contribution in [0.15, 0.2) is 10.7 Å². The summed E-state index contributed by atoms with van der Waals surface area (Å²) < 4.78 is 10.2. The summed E-state index contributed by atoms with van der Waals surface area (Å²) in [7, 11) is 0. The van der Waals surface area contributed by atoms with Gasteiger partial charge in [0.05, 0.1) is 5.69 Å². The molecule has 0 saturated heterocycles. The Balaban J connectivity index is 2.44. The lowest BCUT2D eigenvalue weighted by molar-refractivity contribution is 0.114. The van der Waals surface area contributed by atoms with E-state index < -0.39 is 0 Å². The normalized spacial score (nSPS) is 10.4. The summed E-state index contributed by atoms with van der Waals surface area (Å²) in [4.78, 5) is 4.17. The molecule has 0 N–H and O–H groups in total. The summed E-state index contributed by atoms with van der Waals surface area (Å²) in [6.07, 6.45) is 2.59. The van der Waals surface area contributed by atoms with Gasteiger partial charge in [-0.15, -0.1) is 0 Å². The monoisotopic (exact) mass is 155 g/mol. The first-order chi connectivity index (χ1) is 5.36. The van der Waals surface area contributed by atoms with Crippen molar-refractivity contribution in [3.8, 4) is 0 Å². The third-order valence-corrected chi connectivity index (χ3v) is 1.39. The van der Waals surface area contributed by atoms with Crippen molar-refractivity contribution in [2.75, 3.05) is 6.61 Å². The van der Waals surface area contributed by atoms with Crippen LogP contribution in [-0.2, 0) is 17.8 Å². The van der Waals surface area contributed by atoms with E-state index in [0.717, 1.165) is 12.1 Å².